The fourth-order valence-electron chi connectivity index (χ4n) is 6.04. The molecule has 34 heavy (non-hydrogen) atoms. The van der Waals surface area contributed by atoms with Gasteiger partial charge in [-0.1, -0.05) is 48.7 Å². The van der Waals surface area contributed by atoms with Crippen LogP contribution >= 0.6 is 23.2 Å². The SMILES string of the molecule is C=CC(=O)N1CC[C@](Nc2ccc3c(c2)N(C)C(=O)C32CCCC2)(c2c(F)ccc(Cl)c2Cl)C1. The van der Waals surface area contributed by atoms with Gasteiger partial charge in [-0.15, -0.1) is 0 Å². The number of anilines is 2. The molecule has 1 spiro atoms. The van der Waals surface area contributed by atoms with E-state index < -0.39 is 16.8 Å². The molecule has 8 heteroatoms. The highest BCUT2D eigenvalue weighted by molar-refractivity contribution is 6.42. The lowest BCUT2D eigenvalue weighted by molar-refractivity contribution is -0.125. The number of nitrogens with one attached hydrogen (secondary N) is 1. The molecule has 5 rings (SSSR count). The van der Waals surface area contributed by atoms with Gasteiger partial charge in [-0.25, -0.2) is 4.39 Å². The summed E-state index contributed by atoms with van der Waals surface area (Å²) in [6.07, 6.45) is 5.50. The van der Waals surface area contributed by atoms with E-state index in [0.29, 0.717) is 13.0 Å². The van der Waals surface area contributed by atoms with Gasteiger partial charge in [-0.2, -0.15) is 0 Å². The van der Waals surface area contributed by atoms with Gasteiger partial charge in [0.1, 0.15) is 5.82 Å². The number of carbonyl (C=O) groups excluding carboxylic acids is 2. The molecule has 2 fully saturated rings. The minimum absolute atomic E-state index is 0.125. The molecular formula is C26H26Cl2FN3O2. The topological polar surface area (TPSA) is 52.7 Å². The monoisotopic (exact) mass is 501 g/mol. The van der Waals surface area contributed by atoms with Crippen molar-refractivity contribution in [2.24, 2.45) is 0 Å². The first-order valence-electron chi connectivity index (χ1n) is 11.5. The van der Waals surface area contributed by atoms with Crippen LogP contribution in [0.5, 0.6) is 0 Å². The van der Waals surface area contributed by atoms with Gasteiger partial charge in [-0.05, 0) is 55.2 Å². The normalized spacial score (nSPS) is 23.0. The van der Waals surface area contributed by atoms with E-state index in [1.165, 1.54) is 18.2 Å². The second-order valence-corrected chi connectivity index (χ2v) is 10.3. The fourth-order valence-corrected chi connectivity index (χ4v) is 6.53. The molecule has 1 aliphatic carbocycles. The van der Waals surface area contributed by atoms with Crippen molar-refractivity contribution < 1.29 is 14.0 Å². The van der Waals surface area contributed by atoms with Crippen LogP contribution in [0.25, 0.3) is 0 Å². The third-order valence-electron chi connectivity index (χ3n) is 7.71. The van der Waals surface area contributed by atoms with Crippen molar-refractivity contribution >= 4 is 46.4 Å². The average molecular weight is 502 g/mol. The average Bonchev–Trinajstić information content (AvgIpc) is 3.53. The Morgan fingerprint density at radius 2 is 1.91 bits per heavy atom. The number of likely N-dealkylation sites (tertiary alicyclic amines) is 1. The molecule has 3 aliphatic rings. The highest BCUT2D eigenvalue weighted by atomic mass is 35.5. The van der Waals surface area contributed by atoms with E-state index in [2.05, 4.69) is 11.9 Å². The number of hydrogen-bond acceptors (Lipinski definition) is 3. The molecule has 1 saturated carbocycles. The maximum Gasteiger partial charge on any atom is 0.246 e. The van der Waals surface area contributed by atoms with Gasteiger partial charge in [0.2, 0.25) is 11.8 Å². The van der Waals surface area contributed by atoms with Crippen LogP contribution in [0.3, 0.4) is 0 Å². The van der Waals surface area contributed by atoms with Crippen LogP contribution in [-0.2, 0) is 20.5 Å². The Balaban J connectivity index is 1.58. The number of likely N-dealkylation sites (N-methyl/N-ethyl adjacent to an activating group) is 1. The van der Waals surface area contributed by atoms with Gasteiger partial charge < -0.3 is 15.1 Å². The number of halogens is 3. The lowest BCUT2D eigenvalue weighted by Crippen LogP contribution is -2.41. The van der Waals surface area contributed by atoms with Gasteiger partial charge in [0, 0.05) is 37.1 Å². The molecular weight excluding hydrogens is 476 g/mol. The predicted octanol–water partition coefficient (Wildman–Crippen LogP) is 5.65. The van der Waals surface area contributed by atoms with Crippen molar-refractivity contribution in [3.63, 3.8) is 0 Å². The van der Waals surface area contributed by atoms with Crippen LogP contribution in [0.1, 0.15) is 43.2 Å². The molecule has 2 aromatic rings. The minimum atomic E-state index is -0.995. The summed E-state index contributed by atoms with van der Waals surface area (Å²) in [6.45, 7) is 4.19. The molecule has 2 amide bonds. The quantitative estimate of drug-likeness (QED) is 0.435. The van der Waals surface area contributed by atoms with E-state index in [4.69, 9.17) is 23.2 Å². The van der Waals surface area contributed by atoms with Gasteiger partial charge >= 0.3 is 0 Å². The third-order valence-corrected chi connectivity index (χ3v) is 8.51. The zero-order valence-corrected chi connectivity index (χ0v) is 20.5. The standard InChI is InChI=1S/C26H26Cl2FN3O2/c1-3-21(33)32-13-12-26(15-32,22-19(29)9-8-18(27)23(22)28)30-16-6-7-17-20(14-16)31(2)24(34)25(17)10-4-5-11-25/h3,6-9,14,30H,1,4-5,10-13,15H2,2H3/t26-/m1/s1. The zero-order chi connectivity index (χ0) is 24.3. The van der Waals surface area contributed by atoms with Crippen LogP contribution in [0.15, 0.2) is 43.0 Å². The van der Waals surface area contributed by atoms with Crippen LogP contribution < -0.4 is 10.2 Å². The Hall–Kier alpha value is -2.57. The van der Waals surface area contributed by atoms with Crippen molar-refractivity contribution in [1.82, 2.24) is 4.90 Å². The number of fused-ring (bicyclic) bond motifs is 2. The number of amides is 2. The second-order valence-electron chi connectivity index (χ2n) is 9.52. The van der Waals surface area contributed by atoms with Gasteiger partial charge in [0.05, 0.1) is 21.0 Å². The van der Waals surface area contributed by atoms with Crippen LogP contribution in [0.2, 0.25) is 10.0 Å². The lowest BCUT2D eigenvalue weighted by atomic mass is 9.80. The summed E-state index contributed by atoms with van der Waals surface area (Å²) >= 11 is 12.8. The number of carbonyl (C=O) groups is 2. The molecule has 0 unspecified atom stereocenters. The number of nitrogens with zero attached hydrogens (tertiary/aromatic N) is 2. The van der Waals surface area contributed by atoms with E-state index in [-0.39, 0.29) is 34.0 Å². The largest absolute Gasteiger partial charge is 0.373 e. The first kappa shape index (κ1) is 23.2. The van der Waals surface area contributed by atoms with Crippen molar-refractivity contribution in [1.29, 1.82) is 0 Å². The Labute approximate surface area is 208 Å². The predicted molar refractivity (Wildman–Crippen MR) is 133 cm³/mol. The van der Waals surface area contributed by atoms with Crippen LogP contribution in [0, 0.1) is 5.82 Å². The van der Waals surface area contributed by atoms with Crippen LogP contribution in [-0.4, -0.2) is 36.9 Å². The summed E-state index contributed by atoms with van der Waals surface area (Å²) in [5, 5.41) is 3.85. The maximum atomic E-state index is 15.2. The molecule has 2 aromatic carbocycles. The summed E-state index contributed by atoms with van der Waals surface area (Å²) < 4.78 is 15.2. The Kier molecular flexibility index (Phi) is 5.64. The Morgan fingerprint density at radius 3 is 2.62 bits per heavy atom. The van der Waals surface area contributed by atoms with E-state index >= 15 is 4.39 Å². The molecule has 0 aromatic heterocycles. The smallest absolute Gasteiger partial charge is 0.246 e. The molecule has 0 bridgehead atoms. The van der Waals surface area contributed by atoms with Crippen molar-refractivity contribution in [3.8, 4) is 0 Å². The molecule has 1 saturated heterocycles. The first-order valence-corrected chi connectivity index (χ1v) is 12.2. The summed E-state index contributed by atoms with van der Waals surface area (Å²) in [5.74, 6) is -0.586. The summed E-state index contributed by atoms with van der Waals surface area (Å²) in [7, 11) is 1.81. The molecule has 5 nitrogen and oxygen atoms in total. The van der Waals surface area contributed by atoms with E-state index in [1.807, 2.05) is 18.2 Å². The van der Waals surface area contributed by atoms with E-state index in [1.54, 1.807) is 16.8 Å². The molecule has 1 atom stereocenters. The van der Waals surface area contributed by atoms with Crippen molar-refractivity contribution in [2.75, 3.05) is 30.4 Å². The van der Waals surface area contributed by atoms with Crippen LogP contribution in [0.4, 0.5) is 15.8 Å². The van der Waals surface area contributed by atoms with Crippen molar-refractivity contribution in [2.45, 2.75) is 43.1 Å². The second kappa shape index (κ2) is 8.28. The molecule has 2 aliphatic heterocycles. The number of benzene rings is 2. The Bertz CT molecular complexity index is 1210. The third kappa shape index (κ3) is 3.34. The minimum Gasteiger partial charge on any atom is -0.373 e. The molecule has 178 valence electrons. The lowest BCUT2D eigenvalue weighted by Gasteiger charge is -2.34. The fraction of sp³-hybridized carbons (Fsp3) is 0.385. The number of rotatable bonds is 4. The summed E-state index contributed by atoms with van der Waals surface area (Å²) in [6, 6.07) is 8.60. The van der Waals surface area contributed by atoms with Gasteiger partial charge in [-0.3, -0.25) is 9.59 Å². The first-order chi connectivity index (χ1) is 16.2. The summed E-state index contributed by atoms with van der Waals surface area (Å²) in [4.78, 5) is 28.9. The maximum absolute atomic E-state index is 15.2. The molecule has 0 radical (unpaired) electrons. The van der Waals surface area contributed by atoms with Gasteiger partial charge in [0.15, 0.2) is 0 Å². The highest BCUT2D eigenvalue weighted by Gasteiger charge is 2.51. The Morgan fingerprint density at radius 1 is 1.18 bits per heavy atom. The molecule has 1 N–H and O–H groups in total. The van der Waals surface area contributed by atoms with Gasteiger partial charge in [0.25, 0.3) is 0 Å². The van der Waals surface area contributed by atoms with E-state index in [0.717, 1.165) is 42.6 Å². The molecule has 2 heterocycles. The van der Waals surface area contributed by atoms with Crippen molar-refractivity contribution in [3.05, 3.63) is 70.0 Å². The van der Waals surface area contributed by atoms with E-state index in [9.17, 15) is 9.59 Å². The summed E-state index contributed by atoms with van der Waals surface area (Å²) in [5.41, 5.74) is 1.45. The zero-order valence-electron chi connectivity index (χ0n) is 19.0. The highest BCUT2D eigenvalue weighted by Crippen LogP contribution is 2.52. The number of hydrogen-bond donors (Lipinski definition) is 1.